The third kappa shape index (κ3) is 3.62. The Bertz CT molecular complexity index is 1020. The summed E-state index contributed by atoms with van der Waals surface area (Å²) in [6, 6.07) is 9.33. The maximum Gasteiger partial charge on any atom is 0.269 e. The molecule has 0 aromatic carbocycles. The number of hydrogen-bond acceptors (Lipinski definition) is 5. The first kappa shape index (κ1) is 17.1. The van der Waals surface area contributed by atoms with Gasteiger partial charge in [-0.2, -0.15) is 5.10 Å². The zero-order chi connectivity index (χ0) is 19.0. The molecule has 1 amide bonds. The Morgan fingerprint density at radius 3 is 2.70 bits per heavy atom. The van der Waals surface area contributed by atoms with E-state index in [4.69, 9.17) is 5.73 Å². The first-order chi connectivity index (χ1) is 13.0. The Balaban J connectivity index is 1.56. The molecule has 0 aliphatic heterocycles. The third-order valence-electron chi connectivity index (χ3n) is 4.60. The van der Waals surface area contributed by atoms with Crippen LogP contribution >= 0.6 is 0 Å². The van der Waals surface area contributed by atoms with E-state index < -0.39 is 5.91 Å². The molecule has 0 atom stereocenters. The van der Waals surface area contributed by atoms with Crippen LogP contribution in [0.4, 0.5) is 0 Å². The van der Waals surface area contributed by atoms with Gasteiger partial charge in [-0.05, 0) is 37.1 Å². The van der Waals surface area contributed by atoms with Crippen LogP contribution in [-0.4, -0.2) is 31.4 Å². The van der Waals surface area contributed by atoms with Gasteiger partial charge in [0, 0.05) is 48.6 Å². The van der Waals surface area contributed by atoms with E-state index in [1.165, 1.54) is 17.5 Å². The monoisotopic (exact) mass is 361 g/mol. The van der Waals surface area contributed by atoms with Crippen LogP contribution in [0, 0.1) is 0 Å². The van der Waals surface area contributed by atoms with Crippen LogP contribution in [0.1, 0.15) is 51.0 Å². The SMILES string of the molecule is Cn1cc(CC(=O)c2cccc(-c3ccc(C4CC4)nc3)n2)c(C(N)=O)n1. The van der Waals surface area contributed by atoms with Gasteiger partial charge >= 0.3 is 0 Å². The van der Waals surface area contributed by atoms with E-state index in [0.29, 0.717) is 22.9 Å². The van der Waals surface area contributed by atoms with E-state index in [9.17, 15) is 9.59 Å². The van der Waals surface area contributed by atoms with Crippen LogP contribution in [0.5, 0.6) is 0 Å². The van der Waals surface area contributed by atoms with E-state index in [1.807, 2.05) is 18.2 Å². The van der Waals surface area contributed by atoms with Crippen molar-refractivity contribution in [3.63, 3.8) is 0 Å². The van der Waals surface area contributed by atoms with Gasteiger partial charge in [0.25, 0.3) is 5.91 Å². The minimum Gasteiger partial charge on any atom is -0.364 e. The summed E-state index contributed by atoms with van der Waals surface area (Å²) in [6.07, 6.45) is 5.85. The molecule has 0 unspecified atom stereocenters. The molecule has 3 aromatic heterocycles. The number of ketones is 1. The molecule has 0 bridgehead atoms. The lowest BCUT2D eigenvalue weighted by Gasteiger charge is -2.05. The van der Waals surface area contributed by atoms with Crippen molar-refractivity contribution in [3.8, 4) is 11.3 Å². The van der Waals surface area contributed by atoms with E-state index >= 15 is 0 Å². The van der Waals surface area contributed by atoms with Crippen LogP contribution in [0.15, 0.2) is 42.7 Å². The number of aromatic nitrogens is 4. The van der Waals surface area contributed by atoms with Gasteiger partial charge in [-0.3, -0.25) is 19.3 Å². The number of carbonyl (C=O) groups is 2. The van der Waals surface area contributed by atoms with Crippen molar-refractivity contribution in [1.29, 1.82) is 0 Å². The van der Waals surface area contributed by atoms with Gasteiger partial charge < -0.3 is 5.73 Å². The number of primary amides is 1. The molecule has 27 heavy (non-hydrogen) atoms. The third-order valence-corrected chi connectivity index (χ3v) is 4.60. The molecule has 136 valence electrons. The second-order valence-corrected chi connectivity index (χ2v) is 6.79. The van der Waals surface area contributed by atoms with Gasteiger partial charge in [-0.15, -0.1) is 0 Å². The van der Waals surface area contributed by atoms with Gasteiger partial charge in [-0.1, -0.05) is 6.07 Å². The first-order valence-electron chi connectivity index (χ1n) is 8.80. The van der Waals surface area contributed by atoms with Crippen molar-refractivity contribution < 1.29 is 9.59 Å². The highest BCUT2D eigenvalue weighted by molar-refractivity contribution is 5.99. The Morgan fingerprint density at radius 2 is 2.04 bits per heavy atom. The highest BCUT2D eigenvalue weighted by Gasteiger charge is 2.24. The van der Waals surface area contributed by atoms with Crippen molar-refractivity contribution in [2.24, 2.45) is 12.8 Å². The fourth-order valence-electron chi connectivity index (χ4n) is 3.07. The summed E-state index contributed by atoms with van der Waals surface area (Å²) in [4.78, 5) is 33.1. The minimum absolute atomic E-state index is 0.0153. The lowest BCUT2D eigenvalue weighted by atomic mass is 10.1. The van der Waals surface area contributed by atoms with Crippen molar-refractivity contribution in [2.75, 3.05) is 0 Å². The van der Waals surface area contributed by atoms with Crippen molar-refractivity contribution >= 4 is 11.7 Å². The molecular weight excluding hydrogens is 342 g/mol. The fraction of sp³-hybridized carbons (Fsp3) is 0.250. The van der Waals surface area contributed by atoms with E-state index in [1.54, 1.807) is 31.6 Å². The summed E-state index contributed by atoms with van der Waals surface area (Å²) in [7, 11) is 1.68. The zero-order valence-electron chi connectivity index (χ0n) is 14.9. The van der Waals surface area contributed by atoms with Gasteiger partial charge in [0.05, 0.1) is 5.69 Å². The van der Waals surface area contributed by atoms with Crippen LogP contribution in [0.25, 0.3) is 11.3 Å². The number of Topliss-reactive ketones (excluding diaryl/α,β-unsaturated/α-hetero) is 1. The molecule has 7 heteroatoms. The van der Waals surface area contributed by atoms with Crippen LogP contribution < -0.4 is 5.73 Å². The average molecular weight is 361 g/mol. The molecule has 7 nitrogen and oxygen atoms in total. The van der Waals surface area contributed by atoms with Crippen molar-refractivity contribution in [3.05, 3.63) is 65.4 Å². The Labute approximate surface area is 156 Å². The van der Waals surface area contributed by atoms with Gasteiger partial charge in [0.1, 0.15) is 5.69 Å². The Morgan fingerprint density at radius 1 is 1.22 bits per heavy atom. The number of carbonyl (C=O) groups excluding carboxylic acids is 2. The number of hydrogen-bond donors (Lipinski definition) is 1. The summed E-state index contributed by atoms with van der Waals surface area (Å²) >= 11 is 0. The Hall–Kier alpha value is -3.35. The lowest BCUT2D eigenvalue weighted by Crippen LogP contribution is -2.16. The van der Waals surface area contributed by atoms with E-state index in [-0.39, 0.29) is 17.9 Å². The topological polar surface area (TPSA) is 104 Å². The maximum atomic E-state index is 12.7. The predicted molar refractivity (Wildman–Crippen MR) is 99.2 cm³/mol. The summed E-state index contributed by atoms with van der Waals surface area (Å²) in [6.45, 7) is 0. The highest BCUT2D eigenvalue weighted by Crippen LogP contribution is 2.39. The highest BCUT2D eigenvalue weighted by atomic mass is 16.1. The van der Waals surface area contributed by atoms with Gasteiger partial charge in [0.15, 0.2) is 11.5 Å². The van der Waals surface area contributed by atoms with Gasteiger partial charge in [-0.25, -0.2) is 4.98 Å². The first-order valence-corrected chi connectivity index (χ1v) is 8.80. The molecule has 0 radical (unpaired) electrons. The number of amides is 1. The fourth-order valence-corrected chi connectivity index (χ4v) is 3.07. The molecule has 1 fully saturated rings. The zero-order valence-corrected chi connectivity index (χ0v) is 14.9. The second-order valence-electron chi connectivity index (χ2n) is 6.79. The van der Waals surface area contributed by atoms with Gasteiger partial charge in [0.2, 0.25) is 0 Å². The van der Waals surface area contributed by atoms with E-state index in [2.05, 4.69) is 15.1 Å². The summed E-state index contributed by atoms with van der Waals surface area (Å²) in [5.41, 5.74) is 8.95. The summed E-state index contributed by atoms with van der Waals surface area (Å²) in [5, 5.41) is 4.01. The normalized spacial score (nSPS) is 13.5. The summed E-state index contributed by atoms with van der Waals surface area (Å²) < 4.78 is 1.47. The van der Waals surface area contributed by atoms with Crippen molar-refractivity contribution in [1.82, 2.24) is 19.7 Å². The largest absolute Gasteiger partial charge is 0.364 e. The standard InChI is InChI=1S/C20H19N5O2/c1-25-11-14(19(24-25)20(21)27)9-18(26)17-4-2-3-16(23-17)13-7-8-15(22-10-13)12-5-6-12/h2-4,7-8,10-12H,5-6,9H2,1H3,(H2,21,27). The number of nitrogens with two attached hydrogens (primary N) is 1. The maximum absolute atomic E-state index is 12.7. The van der Waals surface area contributed by atoms with Crippen LogP contribution in [-0.2, 0) is 13.5 Å². The molecule has 1 saturated carbocycles. The number of nitrogens with zero attached hydrogens (tertiary/aromatic N) is 4. The molecule has 1 aliphatic rings. The second kappa shape index (κ2) is 6.75. The quantitative estimate of drug-likeness (QED) is 0.678. The molecule has 0 spiro atoms. The molecule has 2 N–H and O–H groups in total. The minimum atomic E-state index is -0.651. The molecule has 1 aliphatic carbocycles. The van der Waals surface area contributed by atoms with E-state index in [0.717, 1.165) is 11.3 Å². The molecule has 4 rings (SSSR count). The molecular formula is C20H19N5O2. The number of pyridine rings is 2. The van der Waals surface area contributed by atoms with Crippen molar-refractivity contribution in [2.45, 2.75) is 25.2 Å². The molecule has 3 heterocycles. The summed E-state index contributed by atoms with van der Waals surface area (Å²) in [5.74, 6) is -0.254. The van der Waals surface area contributed by atoms with Crippen LogP contribution in [0.3, 0.4) is 0 Å². The molecule has 0 saturated heterocycles. The average Bonchev–Trinajstić information content (AvgIpc) is 3.45. The predicted octanol–water partition coefficient (Wildman–Crippen LogP) is 2.28. The number of aryl methyl sites for hydroxylation is 1. The molecule has 3 aromatic rings. The number of rotatable bonds is 6. The van der Waals surface area contributed by atoms with Crippen LogP contribution in [0.2, 0.25) is 0 Å². The smallest absolute Gasteiger partial charge is 0.269 e. The lowest BCUT2D eigenvalue weighted by molar-refractivity contribution is 0.0986. The Kier molecular flexibility index (Phi) is 4.27.